The van der Waals surface area contributed by atoms with Crippen molar-refractivity contribution in [1.29, 1.82) is 5.26 Å². The summed E-state index contributed by atoms with van der Waals surface area (Å²) in [5, 5.41) is 14.4. The second-order valence-electron chi connectivity index (χ2n) is 7.90. The van der Waals surface area contributed by atoms with Crippen LogP contribution in [0.2, 0.25) is 5.02 Å². The number of benzene rings is 1. The smallest absolute Gasteiger partial charge is 0.154 e. The lowest BCUT2D eigenvalue weighted by molar-refractivity contribution is 0.0558. The van der Waals surface area contributed by atoms with Crippen LogP contribution in [0, 0.1) is 11.3 Å². The van der Waals surface area contributed by atoms with Crippen LogP contribution in [0.4, 0.5) is 5.82 Å². The van der Waals surface area contributed by atoms with E-state index in [0.29, 0.717) is 16.6 Å². The number of anilines is 1. The maximum Gasteiger partial charge on any atom is 0.154 e. The van der Waals surface area contributed by atoms with Gasteiger partial charge >= 0.3 is 0 Å². The summed E-state index contributed by atoms with van der Waals surface area (Å²) in [7, 11) is 0. The average Bonchev–Trinajstić information content (AvgIpc) is 3.28. The molecule has 30 heavy (non-hydrogen) atoms. The van der Waals surface area contributed by atoms with Crippen molar-refractivity contribution < 1.29 is 4.52 Å². The zero-order valence-electron chi connectivity index (χ0n) is 16.5. The van der Waals surface area contributed by atoms with Crippen molar-refractivity contribution in [2.45, 2.75) is 31.3 Å². The summed E-state index contributed by atoms with van der Waals surface area (Å²) in [6, 6.07) is 16.3. The highest BCUT2D eigenvalue weighted by Crippen LogP contribution is 2.38. The van der Waals surface area contributed by atoms with Crippen molar-refractivity contribution in [2.24, 2.45) is 0 Å². The molecule has 0 saturated carbocycles. The van der Waals surface area contributed by atoms with E-state index < -0.39 is 0 Å². The zero-order valence-corrected chi connectivity index (χ0v) is 17.3. The highest BCUT2D eigenvalue weighted by Gasteiger charge is 2.38. The van der Waals surface area contributed by atoms with Crippen molar-refractivity contribution in [3.8, 4) is 17.3 Å². The van der Waals surface area contributed by atoms with Crippen LogP contribution in [-0.4, -0.2) is 40.7 Å². The number of nitriles is 1. The molecule has 2 fully saturated rings. The van der Waals surface area contributed by atoms with E-state index in [1.807, 2.05) is 36.4 Å². The first-order chi connectivity index (χ1) is 14.7. The number of aromatic nitrogens is 2. The van der Waals surface area contributed by atoms with Crippen molar-refractivity contribution >= 4 is 17.4 Å². The second-order valence-corrected chi connectivity index (χ2v) is 8.33. The summed E-state index contributed by atoms with van der Waals surface area (Å²) < 4.78 is 5.79. The molecule has 0 unspecified atom stereocenters. The minimum absolute atomic E-state index is 0.227. The van der Waals surface area contributed by atoms with E-state index in [-0.39, 0.29) is 6.04 Å². The Morgan fingerprint density at radius 3 is 2.93 bits per heavy atom. The summed E-state index contributed by atoms with van der Waals surface area (Å²) in [4.78, 5) is 9.27. The molecule has 0 bridgehead atoms. The highest BCUT2D eigenvalue weighted by molar-refractivity contribution is 6.30. The number of hydrogen-bond donors (Lipinski definition) is 0. The number of halogens is 1. The monoisotopic (exact) mass is 419 g/mol. The van der Waals surface area contributed by atoms with Crippen LogP contribution in [0.25, 0.3) is 11.3 Å². The first kappa shape index (κ1) is 19.1. The molecule has 6 nitrogen and oxygen atoms in total. The lowest BCUT2D eigenvalue weighted by Gasteiger charge is -2.47. The molecule has 2 aliphatic rings. The molecule has 152 valence electrons. The van der Waals surface area contributed by atoms with E-state index in [1.165, 1.54) is 0 Å². The van der Waals surface area contributed by atoms with Crippen LogP contribution < -0.4 is 4.90 Å². The Labute approximate surface area is 180 Å². The molecule has 0 N–H and O–H groups in total. The molecule has 4 heterocycles. The number of hydrogen-bond acceptors (Lipinski definition) is 6. The summed E-state index contributed by atoms with van der Waals surface area (Å²) >= 11 is 6.13. The third kappa shape index (κ3) is 3.55. The first-order valence-electron chi connectivity index (χ1n) is 10.3. The van der Waals surface area contributed by atoms with Crippen molar-refractivity contribution in [1.82, 2.24) is 15.0 Å². The summed E-state index contributed by atoms with van der Waals surface area (Å²) in [6.45, 7) is 2.62. The van der Waals surface area contributed by atoms with Crippen LogP contribution in [0.1, 0.15) is 36.6 Å². The molecule has 2 aromatic heterocycles. The quantitative estimate of drug-likeness (QED) is 0.614. The van der Waals surface area contributed by atoms with Gasteiger partial charge in [0.25, 0.3) is 0 Å². The normalized spacial score (nSPS) is 21.8. The van der Waals surface area contributed by atoms with Crippen LogP contribution in [-0.2, 0) is 0 Å². The first-order valence-corrected chi connectivity index (χ1v) is 10.7. The Bertz CT molecular complexity index is 1090. The molecule has 7 heteroatoms. The maximum absolute atomic E-state index is 9.43. The fourth-order valence-corrected chi connectivity index (χ4v) is 4.90. The Kier molecular flexibility index (Phi) is 5.16. The number of rotatable bonds is 3. The van der Waals surface area contributed by atoms with Gasteiger partial charge in [-0.15, -0.1) is 0 Å². The Hall–Kier alpha value is -2.88. The third-order valence-corrected chi connectivity index (χ3v) is 6.36. The molecule has 2 saturated heterocycles. The molecule has 0 amide bonds. The molecule has 0 spiro atoms. The maximum atomic E-state index is 9.43. The molecule has 0 aliphatic carbocycles. The van der Waals surface area contributed by atoms with Gasteiger partial charge in [-0.1, -0.05) is 28.9 Å². The van der Waals surface area contributed by atoms with Gasteiger partial charge in [-0.3, -0.25) is 4.90 Å². The van der Waals surface area contributed by atoms with Gasteiger partial charge < -0.3 is 9.42 Å². The molecule has 2 atom stereocenters. The topological polar surface area (TPSA) is 69.2 Å². The van der Waals surface area contributed by atoms with Gasteiger partial charge in [0.2, 0.25) is 0 Å². The molecular weight excluding hydrogens is 398 g/mol. The van der Waals surface area contributed by atoms with Gasteiger partial charge in [0.05, 0.1) is 11.6 Å². The summed E-state index contributed by atoms with van der Waals surface area (Å²) in [6.07, 6.45) is 5.10. The minimum atomic E-state index is 0.227. The molecule has 5 rings (SSSR count). The lowest BCUT2D eigenvalue weighted by Crippen LogP contribution is -2.56. The van der Waals surface area contributed by atoms with Gasteiger partial charge in [-0.05, 0) is 43.5 Å². The standard InChI is InChI=1S/C23H22ClN5O/c24-18-6-1-4-16(12-18)20-13-22(30-27-20)21-8-2-7-19-15-28(10-11-29(19)21)23-17(14-25)5-3-9-26-23/h1,3-6,9,12-13,19,21H,2,7-8,10-11,15H2/t19-,21+/m0/s1. The fourth-order valence-electron chi connectivity index (χ4n) is 4.71. The van der Waals surface area contributed by atoms with Crippen molar-refractivity contribution in [3.63, 3.8) is 0 Å². The van der Waals surface area contributed by atoms with E-state index in [1.54, 1.807) is 6.20 Å². The van der Waals surface area contributed by atoms with Crippen molar-refractivity contribution in [3.05, 3.63) is 65.0 Å². The lowest BCUT2D eigenvalue weighted by atomic mass is 9.91. The van der Waals surface area contributed by atoms with Gasteiger partial charge in [-0.2, -0.15) is 5.26 Å². The largest absolute Gasteiger partial charge is 0.359 e. The Balaban J connectivity index is 1.35. The van der Waals surface area contributed by atoms with Crippen LogP contribution >= 0.6 is 11.6 Å². The molecule has 0 radical (unpaired) electrons. The zero-order chi connectivity index (χ0) is 20.5. The molecule has 3 aromatic rings. The Morgan fingerprint density at radius 1 is 1.13 bits per heavy atom. The van der Waals surface area contributed by atoms with Crippen LogP contribution in [0.3, 0.4) is 0 Å². The predicted molar refractivity (Wildman–Crippen MR) is 115 cm³/mol. The van der Waals surface area contributed by atoms with Gasteiger partial charge in [0.1, 0.15) is 17.6 Å². The van der Waals surface area contributed by atoms with Crippen molar-refractivity contribution in [2.75, 3.05) is 24.5 Å². The molecule has 1 aromatic carbocycles. The second kappa shape index (κ2) is 8.10. The van der Waals surface area contributed by atoms with Gasteiger partial charge in [0.15, 0.2) is 5.76 Å². The molecular formula is C23H22ClN5O. The SMILES string of the molecule is N#Cc1cccnc1N1CCN2[C@@H](CCC[C@@H]2c2cc(-c3cccc(Cl)c3)no2)C1. The van der Waals surface area contributed by atoms with Gasteiger partial charge in [-0.25, -0.2) is 4.98 Å². The van der Waals surface area contributed by atoms with E-state index in [4.69, 9.17) is 16.1 Å². The van der Waals surface area contributed by atoms with E-state index in [2.05, 4.69) is 32.1 Å². The third-order valence-electron chi connectivity index (χ3n) is 6.13. The number of pyridine rings is 1. The summed E-state index contributed by atoms with van der Waals surface area (Å²) in [5.74, 6) is 1.71. The van der Waals surface area contributed by atoms with Gasteiger partial charge in [0, 0.05) is 48.5 Å². The molecule has 2 aliphatic heterocycles. The van der Waals surface area contributed by atoms with Crippen LogP contribution in [0.15, 0.2) is 53.2 Å². The van der Waals surface area contributed by atoms with Crippen LogP contribution in [0.5, 0.6) is 0 Å². The van der Waals surface area contributed by atoms with E-state index >= 15 is 0 Å². The van der Waals surface area contributed by atoms with E-state index in [9.17, 15) is 5.26 Å². The summed E-state index contributed by atoms with van der Waals surface area (Å²) in [5.41, 5.74) is 2.42. The average molecular weight is 420 g/mol. The Morgan fingerprint density at radius 2 is 2.07 bits per heavy atom. The minimum Gasteiger partial charge on any atom is -0.359 e. The number of piperidine rings is 1. The van der Waals surface area contributed by atoms with E-state index in [0.717, 1.165) is 61.7 Å². The fraction of sp³-hybridized carbons (Fsp3) is 0.348. The predicted octanol–water partition coefficient (Wildman–Crippen LogP) is 4.68. The number of nitrogens with zero attached hydrogens (tertiary/aromatic N) is 5. The number of piperazine rings is 1. The highest BCUT2D eigenvalue weighted by atomic mass is 35.5. The number of fused-ring (bicyclic) bond motifs is 1.